The van der Waals surface area contributed by atoms with E-state index in [4.69, 9.17) is 5.11 Å². The lowest BCUT2D eigenvalue weighted by Gasteiger charge is -2.30. The van der Waals surface area contributed by atoms with Crippen LogP contribution in [0.1, 0.15) is 30.9 Å². The van der Waals surface area contributed by atoms with Gasteiger partial charge in [-0.2, -0.15) is 0 Å². The lowest BCUT2D eigenvalue weighted by molar-refractivity contribution is -0.131. The molecule has 3 heteroatoms. The maximum Gasteiger partial charge on any atom is 0.328 e. The Labute approximate surface area is 114 Å². The van der Waals surface area contributed by atoms with E-state index in [1.807, 2.05) is 12.1 Å². The summed E-state index contributed by atoms with van der Waals surface area (Å²) in [6, 6.07) is 8.10. The molecule has 2 rings (SSSR count). The van der Waals surface area contributed by atoms with Crippen LogP contribution in [0.2, 0.25) is 0 Å². The smallest absolute Gasteiger partial charge is 0.328 e. The Hall–Kier alpha value is -1.61. The van der Waals surface area contributed by atoms with Crippen LogP contribution in [0.15, 0.2) is 30.3 Å². The Morgan fingerprint density at radius 2 is 2.16 bits per heavy atom. The zero-order chi connectivity index (χ0) is 13.7. The highest BCUT2D eigenvalue weighted by Gasteiger charge is 2.15. The van der Waals surface area contributed by atoms with Gasteiger partial charge in [0.15, 0.2) is 0 Å². The molecule has 102 valence electrons. The van der Waals surface area contributed by atoms with Gasteiger partial charge in [-0.05, 0) is 49.1 Å². The van der Waals surface area contributed by atoms with Gasteiger partial charge in [0.1, 0.15) is 0 Å². The van der Waals surface area contributed by atoms with Crippen molar-refractivity contribution in [3.8, 4) is 0 Å². The first-order valence-electron chi connectivity index (χ1n) is 6.86. The van der Waals surface area contributed by atoms with E-state index in [2.05, 4.69) is 24.0 Å². The molecule has 0 saturated carbocycles. The van der Waals surface area contributed by atoms with Gasteiger partial charge < -0.3 is 5.11 Å². The first kappa shape index (κ1) is 13.8. The van der Waals surface area contributed by atoms with Gasteiger partial charge in [-0.15, -0.1) is 0 Å². The summed E-state index contributed by atoms with van der Waals surface area (Å²) < 4.78 is 0. The highest BCUT2D eigenvalue weighted by Crippen LogP contribution is 2.18. The van der Waals surface area contributed by atoms with Crippen LogP contribution in [0.25, 0.3) is 6.08 Å². The van der Waals surface area contributed by atoms with Gasteiger partial charge >= 0.3 is 5.97 Å². The number of carboxylic acids is 1. The Morgan fingerprint density at radius 1 is 1.42 bits per heavy atom. The molecule has 1 aliphatic heterocycles. The minimum Gasteiger partial charge on any atom is -0.478 e. The molecule has 0 amide bonds. The number of carboxylic acid groups (broad SMARTS) is 1. The van der Waals surface area contributed by atoms with E-state index in [-0.39, 0.29) is 0 Å². The Balaban J connectivity index is 1.97. The van der Waals surface area contributed by atoms with Gasteiger partial charge in [-0.25, -0.2) is 4.79 Å². The first-order chi connectivity index (χ1) is 9.13. The Kier molecular flexibility index (Phi) is 4.74. The second kappa shape index (κ2) is 6.53. The van der Waals surface area contributed by atoms with E-state index < -0.39 is 5.97 Å². The molecule has 3 nitrogen and oxygen atoms in total. The monoisotopic (exact) mass is 259 g/mol. The number of benzene rings is 1. The molecular weight excluding hydrogens is 238 g/mol. The lowest BCUT2D eigenvalue weighted by atomic mass is 9.98. The zero-order valence-corrected chi connectivity index (χ0v) is 11.4. The molecule has 1 aliphatic rings. The minimum absolute atomic E-state index is 0.848. The van der Waals surface area contributed by atoms with E-state index in [0.717, 1.165) is 31.1 Å². The van der Waals surface area contributed by atoms with E-state index in [1.165, 1.54) is 24.5 Å². The lowest BCUT2D eigenvalue weighted by Crippen LogP contribution is -2.32. The Bertz CT molecular complexity index is 460. The van der Waals surface area contributed by atoms with Crippen molar-refractivity contribution in [1.29, 1.82) is 0 Å². The molecule has 1 N–H and O–H groups in total. The summed E-state index contributed by atoms with van der Waals surface area (Å²) >= 11 is 0. The van der Waals surface area contributed by atoms with Crippen LogP contribution in [-0.2, 0) is 11.3 Å². The maximum atomic E-state index is 10.5. The summed E-state index contributed by atoms with van der Waals surface area (Å²) in [6.45, 7) is 5.60. The zero-order valence-electron chi connectivity index (χ0n) is 11.4. The molecule has 1 aromatic carbocycles. The molecule has 19 heavy (non-hydrogen) atoms. The predicted molar refractivity (Wildman–Crippen MR) is 76.8 cm³/mol. The molecule has 0 aliphatic carbocycles. The molecule has 0 bridgehead atoms. The van der Waals surface area contributed by atoms with Crippen LogP contribution < -0.4 is 0 Å². The second-order valence-corrected chi connectivity index (χ2v) is 5.38. The number of carbonyl (C=O) groups is 1. The molecule has 0 unspecified atom stereocenters. The largest absolute Gasteiger partial charge is 0.478 e. The fraction of sp³-hybridized carbons (Fsp3) is 0.438. The first-order valence-corrected chi connectivity index (χ1v) is 6.86. The van der Waals surface area contributed by atoms with Crippen LogP contribution in [0.3, 0.4) is 0 Å². The summed E-state index contributed by atoms with van der Waals surface area (Å²) in [5.74, 6) is -0.0588. The van der Waals surface area contributed by atoms with Crippen LogP contribution >= 0.6 is 0 Å². The van der Waals surface area contributed by atoms with E-state index in [0.29, 0.717) is 0 Å². The SMILES string of the molecule is CC1CCN(Cc2cccc(C=CC(=O)O)c2)CC1. The van der Waals surface area contributed by atoms with E-state index >= 15 is 0 Å². The number of hydrogen-bond acceptors (Lipinski definition) is 2. The van der Waals surface area contributed by atoms with Gasteiger partial charge in [0.2, 0.25) is 0 Å². The van der Waals surface area contributed by atoms with Crippen LogP contribution in [0, 0.1) is 5.92 Å². The molecule has 1 saturated heterocycles. The van der Waals surface area contributed by atoms with Gasteiger partial charge in [-0.3, -0.25) is 4.90 Å². The molecule has 1 fully saturated rings. The average Bonchev–Trinajstić information content (AvgIpc) is 2.40. The summed E-state index contributed by atoms with van der Waals surface area (Å²) in [4.78, 5) is 13.0. The summed E-state index contributed by atoms with van der Waals surface area (Å²) in [6.07, 6.45) is 5.38. The number of aliphatic carboxylic acids is 1. The third-order valence-corrected chi connectivity index (χ3v) is 3.65. The number of rotatable bonds is 4. The van der Waals surface area contributed by atoms with Crippen molar-refractivity contribution < 1.29 is 9.90 Å². The van der Waals surface area contributed by atoms with Crippen molar-refractivity contribution >= 4 is 12.0 Å². The van der Waals surface area contributed by atoms with Crippen molar-refractivity contribution in [2.45, 2.75) is 26.3 Å². The molecule has 0 aromatic heterocycles. The number of hydrogen-bond donors (Lipinski definition) is 1. The van der Waals surface area contributed by atoms with E-state index in [1.54, 1.807) is 6.08 Å². The molecule has 0 spiro atoms. The average molecular weight is 259 g/mol. The number of likely N-dealkylation sites (tertiary alicyclic amines) is 1. The summed E-state index contributed by atoms with van der Waals surface area (Å²) in [5.41, 5.74) is 2.20. The van der Waals surface area contributed by atoms with Crippen molar-refractivity contribution in [1.82, 2.24) is 4.90 Å². The number of piperidine rings is 1. The van der Waals surface area contributed by atoms with Gasteiger partial charge in [-0.1, -0.05) is 31.2 Å². The van der Waals surface area contributed by atoms with E-state index in [9.17, 15) is 4.79 Å². The second-order valence-electron chi connectivity index (χ2n) is 5.38. The molecule has 0 atom stereocenters. The Morgan fingerprint density at radius 3 is 2.84 bits per heavy atom. The number of nitrogens with zero attached hydrogens (tertiary/aromatic N) is 1. The predicted octanol–water partition coefficient (Wildman–Crippen LogP) is 3.02. The van der Waals surface area contributed by atoms with Crippen molar-refractivity contribution in [3.63, 3.8) is 0 Å². The summed E-state index contributed by atoms with van der Waals surface area (Å²) in [5, 5.41) is 8.63. The maximum absolute atomic E-state index is 10.5. The van der Waals surface area contributed by atoms with Crippen LogP contribution in [0.5, 0.6) is 0 Å². The highest BCUT2D eigenvalue weighted by atomic mass is 16.4. The van der Waals surface area contributed by atoms with Gasteiger partial charge in [0, 0.05) is 12.6 Å². The van der Waals surface area contributed by atoms with Crippen LogP contribution in [-0.4, -0.2) is 29.1 Å². The van der Waals surface area contributed by atoms with Crippen molar-refractivity contribution in [2.24, 2.45) is 5.92 Å². The molecule has 1 aromatic rings. The normalized spacial score (nSPS) is 17.9. The van der Waals surface area contributed by atoms with Gasteiger partial charge in [0.05, 0.1) is 0 Å². The topological polar surface area (TPSA) is 40.5 Å². The quantitative estimate of drug-likeness (QED) is 0.845. The molecule has 1 heterocycles. The van der Waals surface area contributed by atoms with Crippen molar-refractivity contribution in [3.05, 3.63) is 41.5 Å². The van der Waals surface area contributed by atoms with Gasteiger partial charge in [0.25, 0.3) is 0 Å². The molecule has 0 radical (unpaired) electrons. The fourth-order valence-electron chi connectivity index (χ4n) is 2.44. The highest BCUT2D eigenvalue weighted by molar-refractivity contribution is 5.85. The minimum atomic E-state index is -0.907. The van der Waals surface area contributed by atoms with Crippen LogP contribution in [0.4, 0.5) is 0 Å². The standard InChI is InChI=1S/C16H21NO2/c1-13-7-9-17(10-8-13)12-15-4-2-3-14(11-15)5-6-16(18)19/h2-6,11,13H,7-10,12H2,1H3,(H,18,19). The summed E-state index contributed by atoms with van der Waals surface area (Å²) in [7, 11) is 0. The third kappa shape index (κ3) is 4.52. The fourth-order valence-corrected chi connectivity index (χ4v) is 2.44. The molecular formula is C16H21NO2. The van der Waals surface area contributed by atoms with Crippen molar-refractivity contribution in [2.75, 3.05) is 13.1 Å². The third-order valence-electron chi connectivity index (χ3n) is 3.65.